The van der Waals surface area contributed by atoms with Crippen LogP contribution in [-0.2, 0) is 33.2 Å². The van der Waals surface area contributed by atoms with Crippen molar-refractivity contribution >= 4 is 5.91 Å². The molecular formula is C54H99NO18. The topological polar surface area (TPSA) is 307 Å². The Balaban J connectivity index is 1.45. The summed E-state index contributed by atoms with van der Waals surface area (Å²) in [5.41, 5.74) is 0. The van der Waals surface area contributed by atoms with Gasteiger partial charge in [-0.15, -0.1) is 0 Å². The summed E-state index contributed by atoms with van der Waals surface area (Å²) in [6.45, 7) is 1.63. The molecule has 19 nitrogen and oxygen atoms in total. The van der Waals surface area contributed by atoms with Crippen molar-refractivity contribution in [1.82, 2.24) is 5.32 Å². The van der Waals surface area contributed by atoms with Gasteiger partial charge < -0.3 is 89.9 Å². The third-order valence-electron chi connectivity index (χ3n) is 14.2. The number of aliphatic hydroxyl groups is 11. The van der Waals surface area contributed by atoms with Crippen LogP contribution >= 0.6 is 0 Å². The summed E-state index contributed by atoms with van der Waals surface area (Å²) in [7, 11) is 0. The fraction of sp³-hybridized carbons (Fsp3) is 0.907. The van der Waals surface area contributed by atoms with Gasteiger partial charge in [-0.3, -0.25) is 4.79 Å². The fourth-order valence-electron chi connectivity index (χ4n) is 9.54. The van der Waals surface area contributed by atoms with Crippen LogP contribution in [0.3, 0.4) is 0 Å². The lowest BCUT2D eigenvalue weighted by molar-refractivity contribution is -0.379. The molecule has 3 fully saturated rings. The fourth-order valence-corrected chi connectivity index (χ4v) is 9.54. The van der Waals surface area contributed by atoms with Crippen LogP contribution in [0.25, 0.3) is 0 Å². The highest BCUT2D eigenvalue weighted by atomic mass is 16.8. The second-order valence-electron chi connectivity index (χ2n) is 20.4. The van der Waals surface area contributed by atoms with E-state index < -0.39 is 124 Å². The molecule has 0 aromatic heterocycles. The summed E-state index contributed by atoms with van der Waals surface area (Å²) in [6.07, 6.45) is 10.7. The maximum atomic E-state index is 13.2. The minimum Gasteiger partial charge on any atom is -0.394 e. The smallest absolute Gasteiger partial charge is 0.220 e. The van der Waals surface area contributed by atoms with Crippen LogP contribution in [0.5, 0.6) is 0 Å². The van der Waals surface area contributed by atoms with Crippen molar-refractivity contribution in [2.24, 2.45) is 0 Å². The van der Waals surface area contributed by atoms with Gasteiger partial charge >= 0.3 is 0 Å². The molecule has 12 N–H and O–H groups in total. The number of hydrogen-bond acceptors (Lipinski definition) is 18. The van der Waals surface area contributed by atoms with E-state index in [2.05, 4.69) is 31.3 Å². The maximum Gasteiger partial charge on any atom is 0.220 e. The highest BCUT2D eigenvalue weighted by molar-refractivity contribution is 5.76. The van der Waals surface area contributed by atoms with Gasteiger partial charge in [0, 0.05) is 6.42 Å². The summed E-state index contributed by atoms with van der Waals surface area (Å²) in [5.74, 6) is -0.283. The van der Waals surface area contributed by atoms with Crippen LogP contribution < -0.4 is 5.32 Å². The molecule has 428 valence electrons. The van der Waals surface area contributed by atoms with Gasteiger partial charge in [0.05, 0.1) is 38.6 Å². The molecule has 3 saturated heterocycles. The molecule has 0 bridgehead atoms. The molecular weight excluding hydrogens is 951 g/mol. The standard InChI is InChI=1S/C54H99NO18/c1-3-5-7-9-11-12-13-14-15-16-17-18-19-20-21-22-23-24-26-28-30-32-42(60)55-37(38(59)31-29-27-25-10-8-6-4-2)36-68-52-48(66)45(63)50(40(34-57)70-52)73-54-49(67)46(64)51(41(35-58)71-54)72-53-47(65)44(62)43(61)39(33-56)69-53/h16-17,29,31,37-41,43-54,56-59,61-67H,3-15,18-28,30,32-36H2,1-2H3,(H,55,60)/b17-16-,31-29+. The third-order valence-corrected chi connectivity index (χ3v) is 14.2. The minimum atomic E-state index is -1.97. The van der Waals surface area contributed by atoms with Crippen molar-refractivity contribution in [2.75, 3.05) is 26.4 Å². The Morgan fingerprint density at radius 3 is 1.33 bits per heavy atom. The largest absolute Gasteiger partial charge is 0.394 e. The molecule has 0 radical (unpaired) electrons. The molecule has 19 heteroatoms. The summed E-state index contributed by atoms with van der Waals surface area (Å²) < 4.78 is 34.1. The zero-order valence-electron chi connectivity index (χ0n) is 44.1. The molecule has 73 heavy (non-hydrogen) atoms. The average Bonchev–Trinajstić information content (AvgIpc) is 3.39. The number of carbonyl (C=O) groups is 1. The van der Waals surface area contributed by atoms with E-state index in [0.717, 1.165) is 64.2 Å². The Hall–Kier alpha value is -1.73. The normalized spacial score (nSPS) is 31.9. The van der Waals surface area contributed by atoms with E-state index >= 15 is 0 Å². The highest BCUT2D eigenvalue weighted by Crippen LogP contribution is 2.33. The summed E-state index contributed by atoms with van der Waals surface area (Å²) in [6, 6.07) is -0.968. The van der Waals surface area contributed by atoms with Gasteiger partial charge in [0.15, 0.2) is 18.9 Å². The number of unbranched alkanes of at least 4 members (excludes halogenated alkanes) is 22. The van der Waals surface area contributed by atoms with Crippen LogP contribution in [0.4, 0.5) is 0 Å². The minimum absolute atomic E-state index is 0.241. The first kappa shape index (κ1) is 65.6. The molecule has 0 aromatic rings. The van der Waals surface area contributed by atoms with E-state index in [0.29, 0.717) is 6.42 Å². The van der Waals surface area contributed by atoms with Gasteiger partial charge in [-0.2, -0.15) is 0 Å². The van der Waals surface area contributed by atoms with E-state index in [1.54, 1.807) is 6.08 Å². The van der Waals surface area contributed by atoms with Crippen molar-refractivity contribution in [3.05, 3.63) is 24.3 Å². The summed E-state index contributed by atoms with van der Waals surface area (Å²) in [4.78, 5) is 13.2. The Morgan fingerprint density at radius 1 is 0.479 bits per heavy atom. The highest BCUT2D eigenvalue weighted by Gasteiger charge is 2.53. The van der Waals surface area contributed by atoms with Crippen LogP contribution in [0.2, 0.25) is 0 Å². The molecule has 3 rings (SSSR count). The Kier molecular flexibility index (Phi) is 34.8. The summed E-state index contributed by atoms with van der Waals surface area (Å²) >= 11 is 0. The Labute approximate surface area is 435 Å². The van der Waals surface area contributed by atoms with Crippen molar-refractivity contribution < 1.29 is 89.4 Å². The third kappa shape index (κ3) is 23.8. The molecule has 17 atom stereocenters. The summed E-state index contributed by atoms with van der Waals surface area (Å²) in [5, 5.41) is 119. The molecule has 0 spiro atoms. The van der Waals surface area contributed by atoms with E-state index in [1.165, 1.54) is 89.9 Å². The number of carbonyl (C=O) groups excluding carboxylic acids is 1. The molecule has 0 saturated carbocycles. The van der Waals surface area contributed by atoms with Gasteiger partial charge in [0.25, 0.3) is 0 Å². The second kappa shape index (κ2) is 38.8. The predicted octanol–water partition coefficient (Wildman–Crippen LogP) is 3.59. The Morgan fingerprint density at radius 2 is 0.863 bits per heavy atom. The number of nitrogens with one attached hydrogen (secondary N) is 1. The quantitative estimate of drug-likeness (QED) is 0.0308. The van der Waals surface area contributed by atoms with E-state index in [4.69, 9.17) is 28.4 Å². The SMILES string of the molecule is CCCCCCC/C=C/C(O)C(COC1OC(CO)C(OC2OC(CO)C(OC3OC(CO)C(O)C(O)C3O)C(O)C2O)C(O)C1O)NC(=O)CCCCCCCCCCC/C=C\CCCCCCCCCC. The van der Waals surface area contributed by atoms with Crippen LogP contribution in [0.15, 0.2) is 24.3 Å². The lowest BCUT2D eigenvalue weighted by Crippen LogP contribution is -2.66. The average molecular weight is 1050 g/mol. The molecule has 0 aromatic carbocycles. The Bertz CT molecular complexity index is 1440. The van der Waals surface area contributed by atoms with Crippen molar-refractivity contribution in [3.63, 3.8) is 0 Å². The van der Waals surface area contributed by atoms with E-state index in [9.17, 15) is 61.0 Å². The lowest BCUT2D eigenvalue weighted by atomic mass is 9.96. The second-order valence-corrected chi connectivity index (χ2v) is 20.4. The zero-order valence-corrected chi connectivity index (χ0v) is 44.1. The van der Waals surface area contributed by atoms with Crippen LogP contribution in [-0.4, -0.2) is 193 Å². The first-order chi connectivity index (χ1) is 35.3. The van der Waals surface area contributed by atoms with Gasteiger partial charge in [-0.25, -0.2) is 0 Å². The number of hydrogen-bond donors (Lipinski definition) is 12. The van der Waals surface area contributed by atoms with E-state index in [1.807, 2.05) is 6.08 Å². The zero-order chi connectivity index (χ0) is 53.4. The lowest BCUT2D eigenvalue weighted by Gasteiger charge is -2.48. The number of amides is 1. The number of ether oxygens (including phenoxy) is 6. The van der Waals surface area contributed by atoms with Crippen LogP contribution in [0, 0.1) is 0 Å². The first-order valence-corrected chi connectivity index (χ1v) is 28.1. The van der Waals surface area contributed by atoms with Crippen LogP contribution in [0.1, 0.15) is 181 Å². The number of rotatable bonds is 40. The monoisotopic (exact) mass is 1050 g/mol. The molecule has 1 amide bonds. The molecule has 17 unspecified atom stereocenters. The molecule has 0 aliphatic carbocycles. The molecule has 3 heterocycles. The molecule has 3 aliphatic heterocycles. The predicted molar refractivity (Wildman–Crippen MR) is 273 cm³/mol. The first-order valence-electron chi connectivity index (χ1n) is 28.1. The van der Waals surface area contributed by atoms with Gasteiger partial charge in [0.2, 0.25) is 5.91 Å². The van der Waals surface area contributed by atoms with Crippen molar-refractivity contribution in [3.8, 4) is 0 Å². The van der Waals surface area contributed by atoms with Gasteiger partial charge in [-0.05, 0) is 44.9 Å². The van der Waals surface area contributed by atoms with Gasteiger partial charge in [0.1, 0.15) is 73.2 Å². The van der Waals surface area contributed by atoms with Crippen molar-refractivity contribution in [2.45, 2.75) is 285 Å². The van der Waals surface area contributed by atoms with Gasteiger partial charge in [-0.1, -0.05) is 154 Å². The number of allylic oxidation sites excluding steroid dienone is 3. The molecule has 3 aliphatic rings. The van der Waals surface area contributed by atoms with Crippen molar-refractivity contribution in [1.29, 1.82) is 0 Å². The maximum absolute atomic E-state index is 13.2. The van der Waals surface area contributed by atoms with E-state index in [-0.39, 0.29) is 18.9 Å². The number of aliphatic hydroxyl groups excluding tert-OH is 11.